The van der Waals surface area contributed by atoms with Crippen LogP contribution in [0.1, 0.15) is 39.5 Å². The van der Waals surface area contributed by atoms with E-state index in [0.717, 1.165) is 5.92 Å². The maximum atomic E-state index is 9.30. The molecule has 0 heterocycles. The van der Waals surface area contributed by atoms with E-state index in [-0.39, 0.29) is 6.61 Å². The maximum Gasteiger partial charge on any atom is 0.0895 e. The van der Waals surface area contributed by atoms with Gasteiger partial charge in [-0.3, -0.25) is 0 Å². The fraction of sp³-hybridized carbons (Fsp3) is 1.00. The van der Waals surface area contributed by atoms with E-state index in [1.165, 1.54) is 25.7 Å². The number of hydrogen-bond acceptors (Lipinski definition) is 3. The maximum absolute atomic E-state index is 9.30. The second kappa shape index (κ2) is 6.46. The zero-order chi connectivity index (χ0) is 11.3. The third kappa shape index (κ3) is 4.09. The highest BCUT2D eigenvalue weighted by atomic mass is 16.3. The second-order valence-corrected chi connectivity index (χ2v) is 5.04. The Hall–Kier alpha value is -0.120. The van der Waals surface area contributed by atoms with Gasteiger partial charge in [-0.2, -0.15) is 0 Å². The molecule has 1 rings (SSSR count). The lowest BCUT2D eigenvalue weighted by Gasteiger charge is -2.35. The molecule has 0 aliphatic heterocycles. The molecule has 3 nitrogen and oxygen atoms in total. The minimum atomic E-state index is -0.611. The van der Waals surface area contributed by atoms with Crippen LogP contribution in [0.5, 0.6) is 0 Å². The van der Waals surface area contributed by atoms with Crippen LogP contribution in [0.25, 0.3) is 0 Å². The van der Waals surface area contributed by atoms with Crippen molar-refractivity contribution in [1.29, 1.82) is 0 Å². The molecule has 2 unspecified atom stereocenters. The van der Waals surface area contributed by atoms with Crippen LogP contribution in [0.15, 0.2) is 0 Å². The monoisotopic (exact) mass is 215 g/mol. The summed E-state index contributed by atoms with van der Waals surface area (Å²) < 4.78 is 0. The number of nitrogens with one attached hydrogen (secondary N) is 1. The van der Waals surface area contributed by atoms with E-state index in [0.29, 0.717) is 18.5 Å². The predicted octanol–water partition coefficient (Wildman–Crippen LogP) is 1.14. The predicted molar refractivity (Wildman–Crippen MR) is 61.7 cm³/mol. The Labute approximate surface area is 92.9 Å². The van der Waals surface area contributed by atoms with Crippen LogP contribution in [0.3, 0.4) is 0 Å². The minimum absolute atomic E-state index is 0.147. The SMILES string of the molecule is CC(C)C1CCCCC1NC[C@H](O)CO. The fourth-order valence-corrected chi connectivity index (χ4v) is 2.56. The van der Waals surface area contributed by atoms with Crippen LogP contribution in [-0.2, 0) is 0 Å². The van der Waals surface area contributed by atoms with Gasteiger partial charge in [-0.15, -0.1) is 0 Å². The van der Waals surface area contributed by atoms with Gasteiger partial charge in [-0.05, 0) is 24.7 Å². The van der Waals surface area contributed by atoms with Gasteiger partial charge in [0.05, 0.1) is 12.7 Å². The van der Waals surface area contributed by atoms with Crippen LogP contribution in [0, 0.1) is 11.8 Å². The molecular formula is C12H25NO2. The van der Waals surface area contributed by atoms with Gasteiger partial charge >= 0.3 is 0 Å². The van der Waals surface area contributed by atoms with Gasteiger partial charge in [0.2, 0.25) is 0 Å². The average Bonchev–Trinajstić information content (AvgIpc) is 2.26. The lowest BCUT2D eigenvalue weighted by Crippen LogP contribution is -2.44. The molecule has 0 saturated heterocycles. The van der Waals surface area contributed by atoms with Crippen molar-refractivity contribution in [2.75, 3.05) is 13.2 Å². The Kier molecular flexibility index (Phi) is 5.58. The van der Waals surface area contributed by atoms with E-state index in [2.05, 4.69) is 19.2 Å². The van der Waals surface area contributed by atoms with Crippen molar-refractivity contribution in [3.8, 4) is 0 Å². The first-order valence-corrected chi connectivity index (χ1v) is 6.17. The van der Waals surface area contributed by atoms with Crippen LogP contribution < -0.4 is 5.32 Å². The number of aliphatic hydroxyl groups is 2. The summed E-state index contributed by atoms with van der Waals surface area (Å²) in [4.78, 5) is 0. The average molecular weight is 215 g/mol. The highest BCUT2D eigenvalue weighted by molar-refractivity contribution is 4.83. The molecule has 1 saturated carbocycles. The summed E-state index contributed by atoms with van der Waals surface area (Å²) >= 11 is 0. The number of rotatable bonds is 5. The molecule has 0 aromatic carbocycles. The van der Waals surface area contributed by atoms with Crippen LogP contribution in [0.4, 0.5) is 0 Å². The first kappa shape index (κ1) is 12.9. The van der Waals surface area contributed by atoms with Crippen molar-refractivity contribution in [3.05, 3.63) is 0 Å². The third-order valence-electron chi connectivity index (χ3n) is 3.50. The van der Waals surface area contributed by atoms with E-state index in [9.17, 15) is 5.11 Å². The van der Waals surface area contributed by atoms with Gasteiger partial charge in [0, 0.05) is 12.6 Å². The van der Waals surface area contributed by atoms with E-state index in [1.807, 2.05) is 0 Å². The smallest absolute Gasteiger partial charge is 0.0895 e. The first-order valence-electron chi connectivity index (χ1n) is 6.17. The lowest BCUT2D eigenvalue weighted by atomic mass is 9.78. The Bertz CT molecular complexity index is 173. The Balaban J connectivity index is 2.36. The second-order valence-electron chi connectivity index (χ2n) is 5.04. The summed E-state index contributed by atoms with van der Waals surface area (Å²) in [5.41, 5.74) is 0. The fourth-order valence-electron chi connectivity index (χ4n) is 2.56. The van der Waals surface area contributed by atoms with Crippen LogP contribution in [-0.4, -0.2) is 35.5 Å². The molecule has 1 fully saturated rings. The normalized spacial score (nSPS) is 29.4. The van der Waals surface area contributed by atoms with Crippen molar-refractivity contribution >= 4 is 0 Å². The molecule has 0 spiro atoms. The molecule has 0 aromatic heterocycles. The molecule has 0 amide bonds. The summed E-state index contributed by atoms with van der Waals surface area (Å²) in [6.07, 6.45) is 4.52. The van der Waals surface area contributed by atoms with Gasteiger partial charge in [0.25, 0.3) is 0 Å². The van der Waals surface area contributed by atoms with E-state index in [4.69, 9.17) is 5.11 Å². The van der Waals surface area contributed by atoms with Gasteiger partial charge < -0.3 is 15.5 Å². The largest absolute Gasteiger partial charge is 0.394 e. The summed E-state index contributed by atoms with van der Waals surface area (Å²) in [7, 11) is 0. The molecule has 15 heavy (non-hydrogen) atoms. The van der Waals surface area contributed by atoms with Crippen molar-refractivity contribution in [2.24, 2.45) is 11.8 Å². The highest BCUT2D eigenvalue weighted by Crippen LogP contribution is 2.30. The van der Waals surface area contributed by atoms with Crippen molar-refractivity contribution in [1.82, 2.24) is 5.32 Å². The summed E-state index contributed by atoms with van der Waals surface area (Å²) in [6, 6.07) is 0.528. The molecule has 90 valence electrons. The molecule has 1 aliphatic carbocycles. The number of aliphatic hydroxyl groups excluding tert-OH is 2. The molecule has 3 atom stereocenters. The standard InChI is InChI=1S/C12H25NO2/c1-9(2)11-5-3-4-6-12(11)13-7-10(15)8-14/h9-15H,3-8H2,1-2H3/t10-,11?,12?/m0/s1. The third-order valence-corrected chi connectivity index (χ3v) is 3.50. The Morgan fingerprint density at radius 1 is 1.27 bits per heavy atom. The van der Waals surface area contributed by atoms with Crippen molar-refractivity contribution < 1.29 is 10.2 Å². The summed E-state index contributed by atoms with van der Waals surface area (Å²) in [5, 5.41) is 21.4. The Morgan fingerprint density at radius 2 is 1.93 bits per heavy atom. The topological polar surface area (TPSA) is 52.5 Å². The van der Waals surface area contributed by atoms with Gasteiger partial charge in [0.15, 0.2) is 0 Å². The molecule has 0 bridgehead atoms. The quantitative estimate of drug-likeness (QED) is 0.645. The van der Waals surface area contributed by atoms with Crippen LogP contribution >= 0.6 is 0 Å². The minimum Gasteiger partial charge on any atom is -0.394 e. The van der Waals surface area contributed by atoms with E-state index < -0.39 is 6.10 Å². The molecular weight excluding hydrogens is 190 g/mol. The summed E-state index contributed by atoms with van der Waals surface area (Å²) in [6.45, 7) is 4.91. The van der Waals surface area contributed by atoms with Gasteiger partial charge in [0.1, 0.15) is 0 Å². The van der Waals surface area contributed by atoms with E-state index >= 15 is 0 Å². The molecule has 3 N–H and O–H groups in total. The zero-order valence-electron chi connectivity index (χ0n) is 9.95. The number of hydrogen-bond donors (Lipinski definition) is 3. The molecule has 1 aliphatic rings. The summed E-state index contributed by atoms with van der Waals surface area (Å²) in [5.74, 6) is 1.43. The van der Waals surface area contributed by atoms with Crippen molar-refractivity contribution in [3.63, 3.8) is 0 Å². The zero-order valence-corrected chi connectivity index (χ0v) is 9.95. The first-order chi connectivity index (χ1) is 7.15. The molecule has 0 aromatic rings. The molecule has 3 heteroatoms. The lowest BCUT2D eigenvalue weighted by molar-refractivity contribution is 0.0841. The van der Waals surface area contributed by atoms with Gasteiger partial charge in [-0.25, -0.2) is 0 Å². The highest BCUT2D eigenvalue weighted by Gasteiger charge is 2.27. The van der Waals surface area contributed by atoms with E-state index in [1.54, 1.807) is 0 Å². The Morgan fingerprint density at radius 3 is 2.53 bits per heavy atom. The molecule has 0 radical (unpaired) electrons. The van der Waals surface area contributed by atoms with Gasteiger partial charge in [-0.1, -0.05) is 26.7 Å². The van der Waals surface area contributed by atoms with Crippen LogP contribution in [0.2, 0.25) is 0 Å². The van der Waals surface area contributed by atoms with Crippen molar-refractivity contribution in [2.45, 2.75) is 51.7 Å².